The van der Waals surface area contributed by atoms with Crippen molar-refractivity contribution in [3.63, 3.8) is 0 Å². The van der Waals surface area contributed by atoms with E-state index in [1.165, 1.54) is 6.08 Å². The number of carbonyl (C=O) groups is 2. The van der Waals surface area contributed by atoms with Crippen molar-refractivity contribution in [1.29, 1.82) is 0 Å². The molecule has 0 saturated heterocycles. The van der Waals surface area contributed by atoms with Crippen LogP contribution in [-0.2, 0) is 4.79 Å². The average molecular weight is 204 g/mol. The van der Waals surface area contributed by atoms with E-state index in [1.807, 2.05) is 19.0 Å². The third-order valence-corrected chi connectivity index (χ3v) is 1.04. The summed E-state index contributed by atoms with van der Waals surface area (Å²) in [6.45, 7) is 4.87. The molecule has 0 aromatic carbocycles. The fourth-order valence-electron chi connectivity index (χ4n) is 0.475. The SMILES string of the molecule is C=CC(=O)NCCN(C)C.O=C(O)O. The molecular weight excluding hydrogens is 188 g/mol. The first-order chi connectivity index (χ1) is 6.40. The van der Waals surface area contributed by atoms with Gasteiger partial charge >= 0.3 is 6.16 Å². The topological polar surface area (TPSA) is 89.9 Å². The number of nitrogens with one attached hydrogen (secondary N) is 1. The number of likely N-dealkylation sites (N-methyl/N-ethyl adjacent to an activating group) is 1. The Hall–Kier alpha value is -1.56. The van der Waals surface area contributed by atoms with Gasteiger partial charge in [-0.15, -0.1) is 0 Å². The second-order valence-electron chi connectivity index (χ2n) is 2.58. The molecule has 0 atom stereocenters. The highest BCUT2D eigenvalue weighted by Crippen LogP contribution is 1.71. The molecule has 0 saturated carbocycles. The van der Waals surface area contributed by atoms with Crippen LogP contribution >= 0.6 is 0 Å². The lowest BCUT2D eigenvalue weighted by molar-refractivity contribution is -0.116. The lowest BCUT2D eigenvalue weighted by atomic mass is 10.5. The van der Waals surface area contributed by atoms with Crippen molar-refractivity contribution in [2.75, 3.05) is 27.2 Å². The molecule has 0 bridgehead atoms. The molecule has 0 rings (SSSR count). The molecule has 1 amide bonds. The summed E-state index contributed by atoms with van der Waals surface area (Å²) in [6, 6.07) is 0. The van der Waals surface area contributed by atoms with Gasteiger partial charge in [-0.1, -0.05) is 6.58 Å². The molecule has 0 fully saturated rings. The summed E-state index contributed by atoms with van der Waals surface area (Å²) in [7, 11) is 3.92. The fraction of sp³-hybridized carbons (Fsp3) is 0.500. The first-order valence-corrected chi connectivity index (χ1v) is 3.87. The van der Waals surface area contributed by atoms with E-state index in [-0.39, 0.29) is 5.91 Å². The Morgan fingerprint density at radius 1 is 1.43 bits per heavy atom. The van der Waals surface area contributed by atoms with E-state index in [4.69, 9.17) is 15.0 Å². The maximum Gasteiger partial charge on any atom is 0.503 e. The largest absolute Gasteiger partial charge is 0.503 e. The highest BCUT2D eigenvalue weighted by Gasteiger charge is 1.92. The van der Waals surface area contributed by atoms with E-state index in [9.17, 15) is 4.79 Å². The molecule has 6 nitrogen and oxygen atoms in total. The lowest BCUT2D eigenvalue weighted by Crippen LogP contribution is -2.29. The monoisotopic (exact) mass is 204 g/mol. The summed E-state index contributed by atoms with van der Waals surface area (Å²) >= 11 is 0. The minimum atomic E-state index is -1.83. The summed E-state index contributed by atoms with van der Waals surface area (Å²) in [5, 5.41) is 16.6. The number of nitrogens with zero attached hydrogens (tertiary/aromatic N) is 1. The zero-order chi connectivity index (χ0) is 11.6. The molecule has 0 unspecified atom stereocenters. The Balaban J connectivity index is 0. The molecule has 6 heteroatoms. The first-order valence-electron chi connectivity index (χ1n) is 3.87. The van der Waals surface area contributed by atoms with Gasteiger partial charge in [-0.3, -0.25) is 4.79 Å². The van der Waals surface area contributed by atoms with Crippen LogP contribution < -0.4 is 5.32 Å². The van der Waals surface area contributed by atoms with Crippen LogP contribution in [0.2, 0.25) is 0 Å². The van der Waals surface area contributed by atoms with Gasteiger partial charge in [0.15, 0.2) is 0 Å². The van der Waals surface area contributed by atoms with Crippen molar-refractivity contribution >= 4 is 12.1 Å². The fourth-order valence-corrected chi connectivity index (χ4v) is 0.475. The molecular formula is C8H16N2O4. The van der Waals surface area contributed by atoms with Gasteiger partial charge in [0.25, 0.3) is 0 Å². The van der Waals surface area contributed by atoms with Gasteiger partial charge in [0.05, 0.1) is 0 Å². The molecule has 0 heterocycles. The minimum absolute atomic E-state index is 0.109. The third kappa shape index (κ3) is 22.4. The van der Waals surface area contributed by atoms with Crippen LogP contribution in [0.15, 0.2) is 12.7 Å². The van der Waals surface area contributed by atoms with E-state index in [0.717, 1.165) is 6.54 Å². The van der Waals surface area contributed by atoms with Crippen LogP contribution in [0, 0.1) is 0 Å². The van der Waals surface area contributed by atoms with Crippen LogP contribution in [0.5, 0.6) is 0 Å². The van der Waals surface area contributed by atoms with Gasteiger partial charge in [0, 0.05) is 13.1 Å². The van der Waals surface area contributed by atoms with Crippen LogP contribution in [0.25, 0.3) is 0 Å². The zero-order valence-corrected chi connectivity index (χ0v) is 8.36. The number of amides is 1. The van der Waals surface area contributed by atoms with Crippen molar-refractivity contribution in [3.05, 3.63) is 12.7 Å². The molecule has 3 N–H and O–H groups in total. The van der Waals surface area contributed by atoms with Crippen LogP contribution in [-0.4, -0.2) is 54.4 Å². The van der Waals surface area contributed by atoms with Crippen molar-refractivity contribution in [2.45, 2.75) is 0 Å². The standard InChI is InChI=1S/C7H14N2O.CH2O3/c1-4-7(10)8-5-6-9(2)3;2-1(3)4/h4H,1,5-6H2,2-3H3,(H,8,10);(H2,2,3,4). The number of rotatable bonds is 4. The van der Waals surface area contributed by atoms with Crippen LogP contribution in [0.3, 0.4) is 0 Å². The van der Waals surface area contributed by atoms with E-state index < -0.39 is 6.16 Å². The Bertz CT molecular complexity index is 188. The second kappa shape index (κ2) is 9.53. The molecule has 0 aromatic heterocycles. The lowest BCUT2D eigenvalue weighted by Gasteiger charge is -2.08. The van der Waals surface area contributed by atoms with Crippen LogP contribution in [0.4, 0.5) is 4.79 Å². The van der Waals surface area contributed by atoms with Gasteiger partial charge in [-0.2, -0.15) is 0 Å². The summed E-state index contributed by atoms with van der Waals surface area (Å²) in [4.78, 5) is 21.1. The van der Waals surface area contributed by atoms with Gasteiger partial charge in [0.1, 0.15) is 0 Å². The van der Waals surface area contributed by atoms with Crippen molar-refractivity contribution in [1.82, 2.24) is 10.2 Å². The molecule has 14 heavy (non-hydrogen) atoms. The van der Waals surface area contributed by atoms with Gasteiger partial charge in [-0.25, -0.2) is 4.79 Å². The molecule has 0 aliphatic rings. The first kappa shape index (κ1) is 14.9. The van der Waals surface area contributed by atoms with E-state index in [0.29, 0.717) is 6.54 Å². The minimum Gasteiger partial charge on any atom is -0.450 e. The average Bonchev–Trinajstić information content (AvgIpc) is 2.02. The van der Waals surface area contributed by atoms with Gasteiger partial charge < -0.3 is 20.4 Å². The molecule has 0 aromatic rings. The summed E-state index contributed by atoms with van der Waals surface area (Å²) in [5.74, 6) is -0.109. The maximum atomic E-state index is 10.5. The summed E-state index contributed by atoms with van der Waals surface area (Å²) < 4.78 is 0. The van der Waals surface area contributed by atoms with Crippen molar-refractivity contribution < 1.29 is 19.8 Å². The summed E-state index contributed by atoms with van der Waals surface area (Å²) in [6.07, 6.45) is -0.560. The number of carboxylic acid groups (broad SMARTS) is 2. The van der Waals surface area contributed by atoms with E-state index >= 15 is 0 Å². The molecule has 0 aliphatic heterocycles. The van der Waals surface area contributed by atoms with E-state index in [2.05, 4.69) is 11.9 Å². The molecule has 0 radical (unpaired) electrons. The van der Waals surface area contributed by atoms with E-state index in [1.54, 1.807) is 0 Å². The predicted octanol–water partition coefficient (Wildman–Crippen LogP) is 0.0726. The molecule has 0 aliphatic carbocycles. The normalized spacial score (nSPS) is 8.50. The molecule has 82 valence electrons. The highest BCUT2D eigenvalue weighted by molar-refractivity contribution is 5.86. The quantitative estimate of drug-likeness (QED) is 0.564. The smallest absolute Gasteiger partial charge is 0.450 e. The van der Waals surface area contributed by atoms with Gasteiger partial charge in [-0.05, 0) is 20.2 Å². The predicted molar refractivity (Wildman–Crippen MR) is 52.4 cm³/mol. The third-order valence-electron chi connectivity index (χ3n) is 1.04. The Labute approximate surface area is 82.8 Å². The zero-order valence-electron chi connectivity index (χ0n) is 8.36. The van der Waals surface area contributed by atoms with Crippen LogP contribution in [0.1, 0.15) is 0 Å². The van der Waals surface area contributed by atoms with Crippen molar-refractivity contribution in [2.24, 2.45) is 0 Å². The Morgan fingerprint density at radius 2 is 1.86 bits per heavy atom. The Kier molecular flexibility index (Phi) is 10.2. The Morgan fingerprint density at radius 3 is 2.14 bits per heavy atom. The molecule has 0 spiro atoms. The number of carbonyl (C=O) groups excluding carboxylic acids is 1. The summed E-state index contributed by atoms with van der Waals surface area (Å²) in [5.41, 5.74) is 0. The maximum absolute atomic E-state index is 10.5. The van der Waals surface area contributed by atoms with Crippen molar-refractivity contribution in [3.8, 4) is 0 Å². The van der Waals surface area contributed by atoms with Gasteiger partial charge in [0.2, 0.25) is 5.91 Å². The number of hydrogen-bond acceptors (Lipinski definition) is 3. The second-order valence-corrected chi connectivity index (χ2v) is 2.58. The highest BCUT2D eigenvalue weighted by atomic mass is 16.6. The number of hydrogen-bond donors (Lipinski definition) is 3.